The standard InChI is InChI=1S/C18H21N5O5/c1-2-3-9-28-17-21-14(19)13-15(22-17)23(18(26)20-13)8-10-27-12-6-4-11(5-7-12)16(24)25/h4-7H,2-3,8-10H2,1H3,(H,20,26)(H,24,25)(H2,19,21,22). The molecule has 0 aliphatic rings. The molecular weight excluding hydrogens is 366 g/mol. The minimum Gasteiger partial charge on any atom is -0.492 e. The summed E-state index contributed by atoms with van der Waals surface area (Å²) in [7, 11) is 0. The lowest BCUT2D eigenvalue weighted by Gasteiger charge is -2.08. The molecule has 0 aliphatic carbocycles. The molecule has 0 aliphatic heterocycles. The van der Waals surface area contributed by atoms with Crippen LogP contribution in [-0.2, 0) is 6.54 Å². The van der Waals surface area contributed by atoms with Gasteiger partial charge in [0.2, 0.25) is 0 Å². The number of nitrogens with zero attached hydrogens (tertiary/aromatic N) is 3. The molecular formula is C18H21N5O5. The number of rotatable bonds is 9. The summed E-state index contributed by atoms with van der Waals surface area (Å²) in [4.78, 5) is 34.1. The van der Waals surface area contributed by atoms with E-state index in [4.69, 9.17) is 20.3 Å². The predicted molar refractivity (Wildman–Crippen MR) is 102 cm³/mol. The number of nitrogens with two attached hydrogens (primary N) is 1. The monoisotopic (exact) mass is 387 g/mol. The van der Waals surface area contributed by atoms with Gasteiger partial charge < -0.3 is 25.3 Å². The third-order valence-corrected chi connectivity index (χ3v) is 4.04. The summed E-state index contributed by atoms with van der Waals surface area (Å²) in [6, 6.07) is 6.13. The third kappa shape index (κ3) is 4.22. The number of aromatic amines is 1. The zero-order valence-electron chi connectivity index (χ0n) is 15.3. The van der Waals surface area contributed by atoms with Gasteiger partial charge in [-0.1, -0.05) is 13.3 Å². The lowest BCUT2D eigenvalue weighted by molar-refractivity contribution is 0.0697. The molecule has 4 N–H and O–H groups in total. The molecule has 0 amide bonds. The molecule has 1 aromatic carbocycles. The van der Waals surface area contributed by atoms with E-state index in [2.05, 4.69) is 15.0 Å². The number of benzene rings is 1. The zero-order chi connectivity index (χ0) is 20.1. The molecule has 0 unspecified atom stereocenters. The molecule has 10 nitrogen and oxygen atoms in total. The largest absolute Gasteiger partial charge is 0.492 e. The Labute approximate surface area is 159 Å². The van der Waals surface area contributed by atoms with Crippen molar-refractivity contribution < 1.29 is 19.4 Å². The van der Waals surface area contributed by atoms with Crippen LogP contribution in [0.5, 0.6) is 11.8 Å². The lowest BCUT2D eigenvalue weighted by Crippen LogP contribution is -2.21. The highest BCUT2D eigenvalue weighted by Gasteiger charge is 2.14. The van der Waals surface area contributed by atoms with Crippen molar-refractivity contribution >= 4 is 23.0 Å². The van der Waals surface area contributed by atoms with E-state index in [1.807, 2.05) is 6.92 Å². The van der Waals surface area contributed by atoms with Crippen molar-refractivity contribution in [1.82, 2.24) is 19.5 Å². The second kappa shape index (κ2) is 8.42. The fraction of sp³-hybridized carbons (Fsp3) is 0.333. The molecule has 0 radical (unpaired) electrons. The van der Waals surface area contributed by atoms with Crippen molar-refractivity contribution in [1.29, 1.82) is 0 Å². The van der Waals surface area contributed by atoms with Gasteiger partial charge in [0, 0.05) is 0 Å². The first-order chi connectivity index (χ1) is 13.5. The van der Waals surface area contributed by atoms with Crippen LogP contribution in [0.1, 0.15) is 30.1 Å². The number of aromatic carboxylic acids is 1. The first-order valence-electron chi connectivity index (χ1n) is 8.84. The Hall–Kier alpha value is -3.56. The van der Waals surface area contributed by atoms with Gasteiger partial charge in [0.05, 0.1) is 18.7 Å². The van der Waals surface area contributed by atoms with E-state index in [-0.39, 0.29) is 36.2 Å². The van der Waals surface area contributed by atoms with Crippen molar-refractivity contribution in [2.24, 2.45) is 0 Å². The van der Waals surface area contributed by atoms with E-state index in [0.29, 0.717) is 23.5 Å². The van der Waals surface area contributed by atoms with Crippen LogP contribution in [-0.4, -0.2) is 43.8 Å². The smallest absolute Gasteiger partial charge is 0.335 e. The number of carbonyl (C=O) groups is 1. The second-order valence-corrected chi connectivity index (χ2v) is 6.05. The molecule has 0 bridgehead atoms. The quantitative estimate of drug-likeness (QED) is 0.470. The topological polar surface area (TPSA) is 145 Å². The number of aromatic nitrogens is 4. The van der Waals surface area contributed by atoms with Gasteiger partial charge in [-0.25, -0.2) is 9.59 Å². The molecule has 0 spiro atoms. The highest BCUT2D eigenvalue weighted by molar-refractivity contribution is 5.87. The van der Waals surface area contributed by atoms with Gasteiger partial charge in [-0.2, -0.15) is 9.97 Å². The van der Waals surface area contributed by atoms with E-state index >= 15 is 0 Å². The van der Waals surface area contributed by atoms with E-state index in [9.17, 15) is 9.59 Å². The van der Waals surface area contributed by atoms with Crippen molar-refractivity contribution in [2.75, 3.05) is 18.9 Å². The Morgan fingerprint density at radius 2 is 1.96 bits per heavy atom. The SMILES string of the molecule is CCCCOc1nc(N)c2[nH]c(=O)n(CCOc3ccc(C(=O)O)cc3)c2n1. The molecule has 2 heterocycles. The lowest BCUT2D eigenvalue weighted by atomic mass is 10.2. The van der Waals surface area contributed by atoms with E-state index in [0.717, 1.165) is 12.8 Å². The number of hydrogen-bond acceptors (Lipinski definition) is 7. The minimum absolute atomic E-state index is 0.122. The molecule has 148 valence electrons. The molecule has 0 atom stereocenters. The van der Waals surface area contributed by atoms with Gasteiger partial charge >= 0.3 is 17.7 Å². The number of fused-ring (bicyclic) bond motifs is 1. The van der Waals surface area contributed by atoms with Crippen molar-refractivity contribution in [3.8, 4) is 11.8 Å². The maximum absolute atomic E-state index is 12.2. The molecule has 0 saturated heterocycles. The van der Waals surface area contributed by atoms with Gasteiger partial charge in [0.15, 0.2) is 11.5 Å². The summed E-state index contributed by atoms with van der Waals surface area (Å²) in [5, 5.41) is 8.91. The molecule has 10 heteroatoms. The number of H-pyrrole nitrogens is 1. The van der Waals surface area contributed by atoms with Gasteiger partial charge in [-0.15, -0.1) is 0 Å². The average Bonchev–Trinajstić information content (AvgIpc) is 2.99. The third-order valence-electron chi connectivity index (χ3n) is 4.04. The van der Waals surface area contributed by atoms with Crippen LogP contribution in [0.15, 0.2) is 29.1 Å². The minimum atomic E-state index is -1.01. The number of carboxylic acid groups (broad SMARTS) is 1. The highest BCUT2D eigenvalue weighted by Crippen LogP contribution is 2.18. The van der Waals surface area contributed by atoms with Crippen molar-refractivity contribution in [3.05, 3.63) is 40.3 Å². The molecule has 0 fully saturated rings. The van der Waals surface area contributed by atoms with Gasteiger partial charge in [0.25, 0.3) is 0 Å². The van der Waals surface area contributed by atoms with Crippen LogP contribution in [0.3, 0.4) is 0 Å². The summed E-state index contributed by atoms with van der Waals surface area (Å²) in [5.74, 6) is -0.376. The fourth-order valence-corrected chi connectivity index (χ4v) is 2.56. The summed E-state index contributed by atoms with van der Waals surface area (Å²) in [5.41, 5.74) is 6.38. The zero-order valence-corrected chi connectivity index (χ0v) is 15.3. The number of nitrogen functional groups attached to an aromatic ring is 1. The Kier molecular flexibility index (Phi) is 5.78. The number of nitrogens with one attached hydrogen (secondary N) is 1. The van der Waals surface area contributed by atoms with Gasteiger partial charge in [0.1, 0.15) is 17.9 Å². The number of carboxylic acids is 1. The van der Waals surface area contributed by atoms with Crippen LogP contribution in [0, 0.1) is 0 Å². The Morgan fingerprint density at radius 1 is 1.21 bits per heavy atom. The normalized spacial score (nSPS) is 10.9. The molecule has 0 saturated carbocycles. The molecule has 3 aromatic rings. The Morgan fingerprint density at radius 3 is 2.64 bits per heavy atom. The number of anilines is 1. The van der Waals surface area contributed by atoms with E-state index < -0.39 is 5.97 Å². The average molecular weight is 387 g/mol. The summed E-state index contributed by atoms with van der Waals surface area (Å²) in [6.45, 7) is 2.89. The highest BCUT2D eigenvalue weighted by atomic mass is 16.5. The van der Waals surface area contributed by atoms with Crippen molar-refractivity contribution in [3.63, 3.8) is 0 Å². The van der Waals surface area contributed by atoms with Crippen LogP contribution in [0.2, 0.25) is 0 Å². The van der Waals surface area contributed by atoms with Crippen LogP contribution < -0.4 is 20.9 Å². The maximum atomic E-state index is 12.2. The van der Waals surface area contributed by atoms with Crippen LogP contribution in [0.4, 0.5) is 5.82 Å². The van der Waals surface area contributed by atoms with E-state index in [1.165, 1.54) is 16.7 Å². The van der Waals surface area contributed by atoms with Gasteiger partial charge in [-0.05, 0) is 30.7 Å². The van der Waals surface area contributed by atoms with Crippen molar-refractivity contribution in [2.45, 2.75) is 26.3 Å². The van der Waals surface area contributed by atoms with Gasteiger partial charge in [-0.3, -0.25) is 4.57 Å². The predicted octanol–water partition coefficient (Wildman–Crippen LogP) is 1.66. The Balaban J connectivity index is 1.73. The number of unbranched alkanes of at least 4 members (excludes halogenated alkanes) is 1. The number of imidazole rings is 1. The summed E-state index contributed by atoms with van der Waals surface area (Å²) in [6.07, 6.45) is 1.83. The Bertz CT molecular complexity index is 1030. The molecule has 3 rings (SSSR count). The number of ether oxygens (including phenoxy) is 2. The summed E-state index contributed by atoms with van der Waals surface area (Å²) < 4.78 is 12.5. The summed E-state index contributed by atoms with van der Waals surface area (Å²) >= 11 is 0. The van der Waals surface area contributed by atoms with Crippen LogP contribution in [0.25, 0.3) is 11.2 Å². The maximum Gasteiger partial charge on any atom is 0.335 e. The number of hydrogen-bond donors (Lipinski definition) is 3. The molecule has 28 heavy (non-hydrogen) atoms. The first kappa shape index (κ1) is 19.2. The second-order valence-electron chi connectivity index (χ2n) is 6.05. The van der Waals surface area contributed by atoms with Crippen LogP contribution >= 0.6 is 0 Å². The molecule has 2 aromatic heterocycles. The first-order valence-corrected chi connectivity index (χ1v) is 8.84. The fourth-order valence-electron chi connectivity index (χ4n) is 2.56. The van der Waals surface area contributed by atoms with E-state index in [1.54, 1.807) is 12.1 Å².